The number of aromatic nitrogens is 2. The van der Waals surface area contributed by atoms with Crippen molar-refractivity contribution in [1.82, 2.24) is 9.38 Å². The van der Waals surface area contributed by atoms with Crippen molar-refractivity contribution < 1.29 is 4.74 Å². The van der Waals surface area contributed by atoms with Crippen molar-refractivity contribution in [2.45, 2.75) is 19.3 Å². The maximum absolute atomic E-state index is 5.78. The Morgan fingerprint density at radius 1 is 1.55 bits per heavy atom. The van der Waals surface area contributed by atoms with Gasteiger partial charge in [-0.3, -0.25) is 4.40 Å². The highest BCUT2D eigenvalue weighted by Gasteiger charge is 2.24. The first-order chi connectivity index (χ1) is 9.83. The number of thiazole rings is 1. The molecule has 5 nitrogen and oxygen atoms in total. The Morgan fingerprint density at radius 3 is 3.25 bits per heavy atom. The normalized spacial score (nSPS) is 19.9. The molecule has 2 N–H and O–H groups in total. The van der Waals surface area contributed by atoms with Gasteiger partial charge in [-0.2, -0.15) is 0 Å². The van der Waals surface area contributed by atoms with Crippen LogP contribution in [0.25, 0.3) is 4.96 Å². The van der Waals surface area contributed by atoms with E-state index in [-0.39, 0.29) is 0 Å². The van der Waals surface area contributed by atoms with Crippen LogP contribution in [0.3, 0.4) is 0 Å². The molecule has 0 radical (unpaired) electrons. The second-order valence-corrected chi connectivity index (χ2v) is 6.26. The molecule has 110 valence electrons. The number of ether oxygens (including phenoxy) is 1. The molecule has 20 heavy (non-hydrogen) atoms. The SMILES string of the molecule is COCC1CCCN(c2nc3sccn3c2CCN)C1. The fourth-order valence-corrected chi connectivity index (χ4v) is 3.80. The van der Waals surface area contributed by atoms with Crippen LogP contribution in [0.5, 0.6) is 0 Å². The smallest absolute Gasteiger partial charge is 0.195 e. The molecule has 1 unspecified atom stereocenters. The zero-order valence-electron chi connectivity index (χ0n) is 11.9. The van der Waals surface area contributed by atoms with E-state index in [1.165, 1.54) is 18.5 Å². The van der Waals surface area contributed by atoms with Gasteiger partial charge in [-0.1, -0.05) is 0 Å². The largest absolute Gasteiger partial charge is 0.384 e. The lowest BCUT2D eigenvalue weighted by atomic mass is 9.99. The number of hydrogen-bond acceptors (Lipinski definition) is 5. The maximum atomic E-state index is 5.78. The number of rotatable bonds is 5. The van der Waals surface area contributed by atoms with E-state index in [9.17, 15) is 0 Å². The van der Waals surface area contributed by atoms with E-state index in [2.05, 4.69) is 20.9 Å². The minimum absolute atomic E-state index is 0.610. The Morgan fingerprint density at radius 2 is 2.45 bits per heavy atom. The highest BCUT2D eigenvalue weighted by Crippen LogP contribution is 2.28. The monoisotopic (exact) mass is 294 g/mol. The Hall–Kier alpha value is -1.11. The van der Waals surface area contributed by atoms with Crippen molar-refractivity contribution in [2.75, 3.05) is 38.3 Å². The van der Waals surface area contributed by atoms with E-state index in [0.29, 0.717) is 12.5 Å². The number of methoxy groups -OCH3 is 1. The van der Waals surface area contributed by atoms with Crippen LogP contribution in [0.15, 0.2) is 11.6 Å². The molecule has 1 atom stereocenters. The molecule has 1 aliphatic heterocycles. The van der Waals surface area contributed by atoms with Crippen LogP contribution in [0.1, 0.15) is 18.5 Å². The third-order valence-corrected chi connectivity index (χ3v) is 4.70. The van der Waals surface area contributed by atoms with E-state index in [4.69, 9.17) is 15.5 Å². The first-order valence-electron chi connectivity index (χ1n) is 7.22. The van der Waals surface area contributed by atoms with Gasteiger partial charge in [-0.05, 0) is 25.3 Å². The predicted octanol–water partition coefficient (Wildman–Crippen LogP) is 1.76. The quantitative estimate of drug-likeness (QED) is 0.913. The summed E-state index contributed by atoms with van der Waals surface area (Å²) in [4.78, 5) is 8.30. The summed E-state index contributed by atoms with van der Waals surface area (Å²) in [6.07, 6.45) is 5.43. The molecule has 0 spiro atoms. The number of anilines is 1. The Labute approximate surface area is 123 Å². The molecule has 0 aromatic carbocycles. The Kier molecular flexibility index (Phi) is 4.24. The van der Waals surface area contributed by atoms with Crippen LogP contribution in [-0.2, 0) is 11.2 Å². The highest BCUT2D eigenvalue weighted by atomic mass is 32.1. The summed E-state index contributed by atoms with van der Waals surface area (Å²) in [5.74, 6) is 1.74. The van der Waals surface area contributed by atoms with Gasteiger partial charge in [0, 0.05) is 38.2 Å². The Balaban J connectivity index is 1.88. The van der Waals surface area contributed by atoms with Crippen LogP contribution < -0.4 is 10.6 Å². The van der Waals surface area contributed by atoms with Gasteiger partial charge in [0.2, 0.25) is 0 Å². The van der Waals surface area contributed by atoms with Crippen molar-refractivity contribution in [2.24, 2.45) is 11.7 Å². The van der Waals surface area contributed by atoms with E-state index in [1.54, 1.807) is 18.4 Å². The molecule has 0 bridgehead atoms. The Bertz CT molecular complexity index is 563. The number of fused-ring (bicyclic) bond motifs is 1. The molecule has 0 aliphatic carbocycles. The van der Waals surface area contributed by atoms with Gasteiger partial charge in [0.15, 0.2) is 10.8 Å². The summed E-state index contributed by atoms with van der Waals surface area (Å²) in [6.45, 7) is 3.62. The summed E-state index contributed by atoms with van der Waals surface area (Å²) < 4.78 is 7.50. The number of hydrogen-bond donors (Lipinski definition) is 1. The summed E-state index contributed by atoms with van der Waals surface area (Å²) in [5.41, 5.74) is 7.03. The fourth-order valence-electron chi connectivity index (χ4n) is 3.07. The van der Waals surface area contributed by atoms with Gasteiger partial charge < -0.3 is 15.4 Å². The van der Waals surface area contributed by atoms with E-state index >= 15 is 0 Å². The third kappa shape index (κ3) is 2.55. The fraction of sp³-hybridized carbons (Fsp3) is 0.643. The van der Waals surface area contributed by atoms with Crippen LogP contribution in [0.4, 0.5) is 5.82 Å². The van der Waals surface area contributed by atoms with Crippen molar-refractivity contribution in [3.05, 3.63) is 17.3 Å². The van der Waals surface area contributed by atoms with Gasteiger partial charge in [0.25, 0.3) is 0 Å². The molecule has 1 saturated heterocycles. The van der Waals surface area contributed by atoms with Crippen LogP contribution in [0.2, 0.25) is 0 Å². The van der Waals surface area contributed by atoms with Gasteiger partial charge >= 0.3 is 0 Å². The minimum atomic E-state index is 0.610. The lowest BCUT2D eigenvalue weighted by molar-refractivity contribution is 0.143. The lowest BCUT2D eigenvalue weighted by Crippen LogP contribution is -2.38. The van der Waals surface area contributed by atoms with Gasteiger partial charge in [0.1, 0.15) is 0 Å². The zero-order chi connectivity index (χ0) is 13.9. The molecule has 3 rings (SSSR count). The molecule has 0 amide bonds. The molecular formula is C14H22N4OS. The number of piperidine rings is 1. The number of nitrogens with zero attached hydrogens (tertiary/aromatic N) is 3. The molecule has 1 aliphatic rings. The summed E-state index contributed by atoms with van der Waals surface area (Å²) >= 11 is 1.68. The van der Waals surface area contributed by atoms with Gasteiger partial charge in [-0.15, -0.1) is 11.3 Å². The van der Waals surface area contributed by atoms with E-state index in [0.717, 1.165) is 36.9 Å². The zero-order valence-corrected chi connectivity index (χ0v) is 12.7. The first-order valence-corrected chi connectivity index (χ1v) is 8.09. The maximum Gasteiger partial charge on any atom is 0.195 e. The predicted molar refractivity (Wildman–Crippen MR) is 82.6 cm³/mol. The second-order valence-electron chi connectivity index (χ2n) is 5.39. The van der Waals surface area contributed by atoms with Gasteiger partial charge in [-0.25, -0.2) is 4.98 Å². The van der Waals surface area contributed by atoms with Gasteiger partial charge in [0.05, 0.1) is 12.3 Å². The molecular weight excluding hydrogens is 272 g/mol. The van der Waals surface area contributed by atoms with Crippen molar-refractivity contribution in [3.8, 4) is 0 Å². The molecule has 6 heteroatoms. The number of imidazole rings is 1. The average Bonchev–Trinajstić information content (AvgIpc) is 3.02. The second kappa shape index (κ2) is 6.11. The summed E-state index contributed by atoms with van der Waals surface area (Å²) in [7, 11) is 1.78. The van der Waals surface area contributed by atoms with Crippen LogP contribution in [-0.4, -0.2) is 42.7 Å². The standard InChI is InChI=1S/C14H22N4OS/c1-19-10-11-3-2-6-17(9-11)13-12(4-5-15)18-7-8-20-14(18)16-13/h7-8,11H,2-6,9-10,15H2,1H3. The summed E-state index contributed by atoms with van der Waals surface area (Å²) in [6, 6.07) is 0. The number of nitrogens with two attached hydrogens (primary N) is 1. The lowest BCUT2D eigenvalue weighted by Gasteiger charge is -2.33. The molecule has 3 heterocycles. The minimum Gasteiger partial charge on any atom is -0.384 e. The van der Waals surface area contributed by atoms with E-state index < -0.39 is 0 Å². The average molecular weight is 294 g/mol. The molecule has 2 aromatic heterocycles. The molecule has 2 aromatic rings. The van der Waals surface area contributed by atoms with Crippen LogP contribution >= 0.6 is 11.3 Å². The van der Waals surface area contributed by atoms with Crippen molar-refractivity contribution >= 4 is 22.1 Å². The first kappa shape index (κ1) is 13.9. The topological polar surface area (TPSA) is 55.8 Å². The van der Waals surface area contributed by atoms with E-state index in [1.807, 2.05) is 0 Å². The highest BCUT2D eigenvalue weighted by molar-refractivity contribution is 7.15. The third-order valence-electron chi connectivity index (χ3n) is 3.94. The van der Waals surface area contributed by atoms with Crippen molar-refractivity contribution in [3.63, 3.8) is 0 Å². The van der Waals surface area contributed by atoms with Crippen LogP contribution in [0, 0.1) is 5.92 Å². The molecule has 0 saturated carbocycles. The molecule has 1 fully saturated rings. The summed E-state index contributed by atoms with van der Waals surface area (Å²) in [5, 5.41) is 2.08. The van der Waals surface area contributed by atoms with Crippen molar-refractivity contribution in [1.29, 1.82) is 0 Å².